The quantitative estimate of drug-likeness (QED) is 0.798. The highest BCUT2D eigenvalue weighted by Crippen LogP contribution is 2.23. The maximum absolute atomic E-state index is 4.82. The van der Waals surface area contributed by atoms with Gasteiger partial charge in [0.2, 0.25) is 0 Å². The highest BCUT2D eigenvalue weighted by Gasteiger charge is 2.20. The Hall–Kier alpha value is -2.20. The summed E-state index contributed by atoms with van der Waals surface area (Å²) >= 11 is 0. The van der Waals surface area contributed by atoms with Gasteiger partial charge in [0, 0.05) is 24.2 Å². The Morgan fingerprint density at radius 1 is 1.29 bits per heavy atom. The number of nitrogens with zero attached hydrogens (tertiary/aromatic N) is 3. The molecule has 1 fully saturated rings. The van der Waals surface area contributed by atoms with Gasteiger partial charge in [-0.25, -0.2) is 9.67 Å². The van der Waals surface area contributed by atoms with Gasteiger partial charge in [-0.3, -0.25) is 0 Å². The van der Waals surface area contributed by atoms with Crippen LogP contribution in [0.3, 0.4) is 0 Å². The first-order valence-electron chi connectivity index (χ1n) is 7.43. The lowest BCUT2D eigenvalue weighted by Crippen LogP contribution is -2.17. The van der Waals surface area contributed by atoms with Crippen molar-refractivity contribution in [1.82, 2.24) is 20.1 Å². The molecule has 106 valence electrons. The summed E-state index contributed by atoms with van der Waals surface area (Å²) in [6.07, 6.45) is 6.47. The van der Waals surface area contributed by atoms with Crippen molar-refractivity contribution in [3.8, 4) is 5.82 Å². The third-order valence-corrected chi connectivity index (χ3v) is 3.85. The second kappa shape index (κ2) is 4.97. The molecule has 3 aromatic rings. The number of hydrogen-bond donors (Lipinski definition) is 1. The largest absolute Gasteiger partial charge is 0.308 e. The molecule has 1 saturated carbocycles. The molecule has 21 heavy (non-hydrogen) atoms. The SMILES string of the molecule is Cc1cnn(-c2nc(CNC3CC3)cc3ccccc23)c1. The van der Waals surface area contributed by atoms with Gasteiger partial charge in [-0.1, -0.05) is 24.3 Å². The third-order valence-electron chi connectivity index (χ3n) is 3.85. The third kappa shape index (κ3) is 2.54. The summed E-state index contributed by atoms with van der Waals surface area (Å²) in [5.74, 6) is 0.911. The Bertz CT molecular complexity index is 786. The summed E-state index contributed by atoms with van der Waals surface area (Å²) in [5.41, 5.74) is 2.21. The molecule has 1 aliphatic carbocycles. The van der Waals surface area contributed by atoms with E-state index in [-0.39, 0.29) is 0 Å². The molecule has 2 heterocycles. The summed E-state index contributed by atoms with van der Waals surface area (Å²) in [5, 5.41) is 10.3. The van der Waals surface area contributed by atoms with Crippen molar-refractivity contribution < 1.29 is 0 Å². The van der Waals surface area contributed by atoms with Crippen molar-refractivity contribution in [1.29, 1.82) is 0 Å². The topological polar surface area (TPSA) is 42.7 Å². The number of aryl methyl sites for hydroxylation is 1. The molecule has 0 amide bonds. The molecule has 0 spiro atoms. The smallest absolute Gasteiger partial charge is 0.161 e. The van der Waals surface area contributed by atoms with Gasteiger partial charge in [-0.05, 0) is 36.8 Å². The van der Waals surface area contributed by atoms with Gasteiger partial charge in [0.25, 0.3) is 0 Å². The number of rotatable bonds is 4. The van der Waals surface area contributed by atoms with Crippen LogP contribution in [0.4, 0.5) is 0 Å². The Kier molecular flexibility index (Phi) is 2.97. The van der Waals surface area contributed by atoms with Gasteiger partial charge in [-0.2, -0.15) is 5.10 Å². The Labute approximate surface area is 123 Å². The van der Waals surface area contributed by atoms with Crippen LogP contribution in [-0.4, -0.2) is 20.8 Å². The minimum absolute atomic E-state index is 0.689. The van der Waals surface area contributed by atoms with E-state index in [9.17, 15) is 0 Å². The fourth-order valence-corrected chi connectivity index (χ4v) is 2.56. The summed E-state index contributed by atoms with van der Waals surface area (Å²) < 4.78 is 1.87. The fourth-order valence-electron chi connectivity index (χ4n) is 2.56. The number of fused-ring (bicyclic) bond motifs is 1. The molecule has 2 aromatic heterocycles. The van der Waals surface area contributed by atoms with E-state index in [2.05, 4.69) is 34.7 Å². The molecule has 0 radical (unpaired) electrons. The molecule has 4 rings (SSSR count). The Morgan fingerprint density at radius 3 is 2.90 bits per heavy atom. The van der Waals surface area contributed by atoms with Gasteiger partial charge >= 0.3 is 0 Å². The molecule has 1 aliphatic rings. The first-order valence-corrected chi connectivity index (χ1v) is 7.43. The van der Waals surface area contributed by atoms with E-state index in [0.29, 0.717) is 6.04 Å². The second-order valence-electron chi connectivity index (χ2n) is 5.78. The fraction of sp³-hybridized carbons (Fsp3) is 0.294. The van der Waals surface area contributed by atoms with Crippen LogP contribution < -0.4 is 5.32 Å². The maximum atomic E-state index is 4.82. The minimum atomic E-state index is 0.689. The second-order valence-corrected chi connectivity index (χ2v) is 5.78. The minimum Gasteiger partial charge on any atom is -0.308 e. The average Bonchev–Trinajstić information content (AvgIpc) is 3.24. The zero-order valence-corrected chi connectivity index (χ0v) is 12.1. The number of nitrogens with one attached hydrogen (secondary N) is 1. The number of aromatic nitrogens is 3. The monoisotopic (exact) mass is 278 g/mol. The zero-order chi connectivity index (χ0) is 14.2. The van der Waals surface area contributed by atoms with Crippen molar-refractivity contribution in [2.24, 2.45) is 0 Å². The number of benzene rings is 1. The molecule has 0 atom stereocenters. The summed E-state index contributed by atoms with van der Waals surface area (Å²) in [6, 6.07) is 11.2. The van der Waals surface area contributed by atoms with Crippen LogP contribution in [0.2, 0.25) is 0 Å². The molecule has 4 heteroatoms. The lowest BCUT2D eigenvalue weighted by Gasteiger charge is -2.10. The van der Waals surface area contributed by atoms with Crippen molar-refractivity contribution in [3.63, 3.8) is 0 Å². The normalized spacial score (nSPS) is 14.7. The van der Waals surface area contributed by atoms with E-state index < -0.39 is 0 Å². The highest BCUT2D eigenvalue weighted by atomic mass is 15.3. The first-order chi connectivity index (χ1) is 10.3. The van der Waals surface area contributed by atoms with Gasteiger partial charge in [-0.15, -0.1) is 0 Å². The highest BCUT2D eigenvalue weighted by molar-refractivity contribution is 5.88. The first kappa shape index (κ1) is 12.5. The molecule has 0 saturated heterocycles. The molecule has 1 aromatic carbocycles. The van der Waals surface area contributed by atoms with Crippen LogP contribution in [0.25, 0.3) is 16.6 Å². The zero-order valence-electron chi connectivity index (χ0n) is 12.1. The van der Waals surface area contributed by atoms with Crippen LogP contribution in [0, 0.1) is 6.92 Å². The van der Waals surface area contributed by atoms with Crippen LogP contribution in [0.15, 0.2) is 42.7 Å². The molecule has 0 aliphatic heterocycles. The van der Waals surface area contributed by atoms with Crippen LogP contribution in [0.1, 0.15) is 24.1 Å². The predicted octanol–water partition coefficient (Wildman–Crippen LogP) is 2.98. The van der Waals surface area contributed by atoms with Gasteiger partial charge in [0.1, 0.15) is 0 Å². The lowest BCUT2D eigenvalue weighted by molar-refractivity contribution is 0.672. The summed E-state index contributed by atoms with van der Waals surface area (Å²) in [6.45, 7) is 2.87. The molecule has 0 bridgehead atoms. The molecular formula is C17H18N4. The van der Waals surface area contributed by atoms with Crippen molar-refractivity contribution in [2.45, 2.75) is 32.4 Å². The van der Waals surface area contributed by atoms with E-state index in [1.165, 1.54) is 18.2 Å². The number of pyridine rings is 1. The number of hydrogen-bond acceptors (Lipinski definition) is 3. The van der Waals surface area contributed by atoms with Gasteiger partial charge in [0.15, 0.2) is 5.82 Å². The molecule has 0 unspecified atom stereocenters. The molecule has 4 nitrogen and oxygen atoms in total. The standard InChI is InChI=1S/C17H18N4/c1-12-9-19-21(11-12)17-16-5-3-2-4-13(16)8-15(20-17)10-18-14-6-7-14/h2-5,8-9,11,14,18H,6-7,10H2,1H3. The molecular weight excluding hydrogens is 260 g/mol. The van der Waals surface area contributed by atoms with E-state index in [0.717, 1.165) is 29.0 Å². The van der Waals surface area contributed by atoms with E-state index in [1.807, 2.05) is 30.1 Å². The maximum Gasteiger partial charge on any atom is 0.161 e. The van der Waals surface area contributed by atoms with E-state index in [1.54, 1.807) is 0 Å². The van der Waals surface area contributed by atoms with Crippen molar-refractivity contribution >= 4 is 10.8 Å². The Balaban J connectivity index is 1.81. The van der Waals surface area contributed by atoms with Crippen molar-refractivity contribution in [2.75, 3.05) is 0 Å². The van der Waals surface area contributed by atoms with Crippen molar-refractivity contribution in [3.05, 3.63) is 54.0 Å². The van der Waals surface area contributed by atoms with E-state index in [4.69, 9.17) is 4.98 Å². The average molecular weight is 278 g/mol. The van der Waals surface area contributed by atoms with Gasteiger partial charge in [0.05, 0.1) is 11.9 Å². The van der Waals surface area contributed by atoms with Crippen LogP contribution in [0.5, 0.6) is 0 Å². The van der Waals surface area contributed by atoms with Crippen LogP contribution in [-0.2, 0) is 6.54 Å². The summed E-state index contributed by atoms with van der Waals surface area (Å²) in [7, 11) is 0. The lowest BCUT2D eigenvalue weighted by atomic mass is 10.1. The van der Waals surface area contributed by atoms with Crippen LogP contribution >= 0.6 is 0 Å². The molecule has 1 N–H and O–H groups in total. The summed E-state index contributed by atoms with van der Waals surface area (Å²) in [4.78, 5) is 4.82. The predicted molar refractivity (Wildman–Crippen MR) is 83.5 cm³/mol. The van der Waals surface area contributed by atoms with Gasteiger partial charge < -0.3 is 5.32 Å². The Morgan fingerprint density at radius 2 is 2.14 bits per heavy atom. The van der Waals surface area contributed by atoms with E-state index >= 15 is 0 Å².